The Balaban J connectivity index is 2.00. The summed E-state index contributed by atoms with van der Waals surface area (Å²) >= 11 is 7.40. The average Bonchev–Trinajstić information content (AvgIpc) is 3.04. The number of carbonyl (C=O) groups is 2. The zero-order valence-electron chi connectivity index (χ0n) is 13.7. The molecule has 0 saturated heterocycles. The minimum atomic E-state index is -0.392. The van der Waals surface area contributed by atoms with Crippen molar-refractivity contribution in [1.29, 1.82) is 0 Å². The molecule has 0 aliphatic carbocycles. The molecule has 0 spiro atoms. The van der Waals surface area contributed by atoms with E-state index in [4.69, 9.17) is 11.6 Å². The molecule has 2 heterocycles. The minimum Gasteiger partial charge on any atom is -0.273 e. The Morgan fingerprint density at radius 3 is 2.56 bits per heavy atom. The zero-order chi connectivity index (χ0) is 18.0. The first-order valence-electron chi connectivity index (χ1n) is 7.71. The second-order valence-corrected chi connectivity index (χ2v) is 7.49. The fraction of sp³-hybridized carbons (Fsp3) is 0.167. The fourth-order valence-corrected chi connectivity index (χ4v) is 3.28. The number of hydrogen-bond acceptors (Lipinski definition) is 4. The van der Waals surface area contributed by atoms with E-state index in [1.54, 1.807) is 26.0 Å². The number of amides is 2. The van der Waals surface area contributed by atoms with Crippen molar-refractivity contribution in [1.82, 2.24) is 15.8 Å². The van der Waals surface area contributed by atoms with Crippen molar-refractivity contribution in [3.05, 3.63) is 52.4 Å². The van der Waals surface area contributed by atoms with E-state index in [2.05, 4.69) is 15.8 Å². The molecular formula is C18H16ClN3O2S. The highest BCUT2D eigenvalue weighted by Crippen LogP contribution is 2.32. The fourth-order valence-electron chi connectivity index (χ4n) is 2.27. The summed E-state index contributed by atoms with van der Waals surface area (Å²) in [6.45, 7) is 3.50. The SMILES string of the molecule is CC(C)C(=O)NNC(=O)c1cc(-c2ccc(Cl)s2)nc2ccccc12. The predicted octanol–water partition coefficient (Wildman–Crippen LogP) is 4.03. The number of benzene rings is 1. The van der Waals surface area contributed by atoms with Gasteiger partial charge < -0.3 is 0 Å². The van der Waals surface area contributed by atoms with Gasteiger partial charge in [0, 0.05) is 11.3 Å². The number of carbonyl (C=O) groups excluding carboxylic acids is 2. The summed E-state index contributed by atoms with van der Waals surface area (Å²) < 4.78 is 0.653. The molecule has 128 valence electrons. The van der Waals surface area contributed by atoms with Gasteiger partial charge in [0.1, 0.15) is 0 Å². The van der Waals surface area contributed by atoms with E-state index in [1.807, 2.05) is 30.3 Å². The maximum atomic E-state index is 12.6. The van der Waals surface area contributed by atoms with Crippen molar-refractivity contribution in [2.75, 3.05) is 0 Å². The summed E-state index contributed by atoms with van der Waals surface area (Å²) in [5.74, 6) is -0.869. The number of para-hydroxylation sites is 1. The van der Waals surface area contributed by atoms with Crippen LogP contribution in [-0.2, 0) is 4.79 Å². The molecular weight excluding hydrogens is 358 g/mol. The first kappa shape index (κ1) is 17.4. The Bertz CT molecular complexity index is 952. The van der Waals surface area contributed by atoms with Gasteiger partial charge in [0.25, 0.3) is 5.91 Å². The topological polar surface area (TPSA) is 71.1 Å². The third-order valence-electron chi connectivity index (χ3n) is 3.61. The summed E-state index contributed by atoms with van der Waals surface area (Å²) in [7, 11) is 0. The molecule has 0 saturated carbocycles. The number of hydrazine groups is 1. The molecule has 2 aromatic heterocycles. The van der Waals surface area contributed by atoms with Gasteiger partial charge in [0.2, 0.25) is 5.91 Å². The standard InChI is InChI=1S/C18H16ClN3O2S/c1-10(2)17(23)21-22-18(24)12-9-14(15-7-8-16(19)25-15)20-13-6-4-3-5-11(12)13/h3-10H,1-2H3,(H,21,23)(H,22,24). The smallest absolute Gasteiger partial charge is 0.270 e. The zero-order valence-corrected chi connectivity index (χ0v) is 15.2. The average molecular weight is 374 g/mol. The highest BCUT2D eigenvalue weighted by Gasteiger charge is 2.16. The van der Waals surface area contributed by atoms with Crippen molar-refractivity contribution in [2.45, 2.75) is 13.8 Å². The molecule has 0 fully saturated rings. The lowest BCUT2D eigenvalue weighted by Crippen LogP contribution is -2.43. The molecule has 0 atom stereocenters. The molecule has 0 bridgehead atoms. The Labute approximate surface area is 154 Å². The summed E-state index contributed by atoms with van der Waals surface area (Å²) in [5.41, 5.74) is 6.70. The number of thiophene rings is 1. The first-order valence-corrected chi connectivity index (χ1v) is 8.91. The molecule has 3 aromatic rings. The number of rotatable bonds is 3. The molecule has 5 nitrogen and oxygen atoms in total. The van der Waals surface area contributed by atoms with Gasteiger partial charge in [-0.25, -0.2) is 4.98 Å². The molecule has 25 heavy (non-hydrogen) atoms. The first-order chi connectivity index (χ1) is 12.0. The van der Waals surface area contributed by atoms with Gasteiger partial charge in [-0.05, 0) is 24.3 Å². The highest BCUT2D eigenvalue weighted by atomic mass is 35.5. The van der Waals surface area contributed by atoms with Crippen molar-refractivity contribution in [3.63, 3.8) is 0 Å². The van der Waals surface area contributed by atoms with E-state index in [1.165, 1.54) is 11.3 Å². The van der Waals surface area contributed by atoms with Crippen LogP contribution in [0.1, 0.15) is 24.2 Å². The summed E-state index contributed by atoms with van der Waals surface area (Å²) in [6, 6.07) is 12.7. The lowest BCUT2D eigenvalue weighted by atomic mass is 10.1. The molecule has 0 aliphatic heterocycles. The van der Waals surface area contributed by atoms with Crippen LogP contribution in [0.5, 0.6) is 0 Å². The van der Waals surface area contributed by atoms with Gasteiger partial charge in [0.15, 0.2) is 0 Å². The van der Waals surface area contributed by atoms with Gasteiger partial charge in [-0.2, -0.15) is 0 Å². The number of aromatic nitrogens is 1. The van der Waals surface area contributed by atoms with E-state index in [0.717, 1.165) is 4.88 Å². The Morgan fingerprint density at radius 1 is 1.12 bits per heavy atom. The molecule has 3 rings (SSSR count). The number of fused-ring (bicyclic) bond motifs is 1. The van der Waals surface area contributed by atoms with Crippen LogP contribution in [0.3, 0.4) is 0 Å². The maximum absolute atomic E-state index is 12.6. The predicted molar refractivity (Wildman–Crippen MR) is 101 cm³/mol. The molecule has 1 aromatic carbocycles. The highest BCUT2D eigenvalue weighted by molar-refractivity contribution is 7.19. The lowest BCUT2D eigenvalue weighted by Gasteiger charge is -2.12. The van der Waals surface area contributed by atoms with Gasteiger partial charge in [-0.1, -0.05) is 43.6 Å². The lowest BCUT2D eigenvalue weighted by molar-refractivity contribution is -0.124. The normalized spacial score (nSPS) is 10.9. The summed E-state index contributed by atoms with van der Waals surface area (Å²) in [6.07, 6.45) is 0. The quantitative estimate of drug-likeness (QED) is 0.681. The molecule has 0 unspecified atom stereocenters. The van der Waals surface area contributed by atoms with Crippen LogP contribution in [-0.4, -0.2) is 16.8 Å². The summed E-state index contributed by atoms with van der Waals surface area (Å²) in [5, 5.41) is 0.713. The number of nitrogens with one attached hydrogen (secondary N) is 2. The Morgan fingerprint density at radius 2 is 1.88 bits per heavy atom. The third kappa shape index (κ3) is 3.81. The Hall–Kier alpha value is -2.44. The van der Waals surface area contributed by atoms with Crippen LogP contribution in [0.4, 0.5) is 0 Å². The molecule has 0 aliphatic rings. The number of nitrogens with zero attached hydrogens (tertiary/aromatic N) is 1. The summed E-state index contributed by atoms with van der Waals surface area (Å²) in [4.78, 5) is 29.8. The van der Waals surface area contributed by atoms with Crippen molar-refractivity contribution >= 4 is 45.7 Å². The second-order valence-electron chi connectivity index (χ2n) is 5.77. The van der Waals surface area contributed by atoms with Crippen LogP contribution in [0.15, 0.2) is 42.5 Å². The van der Waals surface area contributed by atoms with E-state index in [0.29, 0.717) is 26.5 Å². The van der Waals surface area contributed by atoms with E-state index in [9.17, 15) is 9.59 Å². The van der Waals surface area contributed by atoms with Crippen molar-refractivity contribution in [2.24, 2.45) is 5.92 Å². The van der Waals surface area contributed by atoms with E-state index < -0.39 is 5.91 Å². The van der Waals surface area contributed by atoms with Crippen molar-refractivity contribution in [3.8, 4) is 10.6 Å². The second kappa shape index (κ2) is 7.21. The van der Waals surface area contributed by atoms with Crippen LogP contribution in [0.25, 0.3) is 21.5 Å². The van der Waals surface area contributed by atoms with Gasteiger partial charge in [-0.3, -0.25) is 20.4 Å². The van der Waals surface area contributed by atoms with Crippen molar-refractivity contribution < 1.29 is 9.59 Å². The Kier molecular flexibility index (Phi) is 5.01. The molecule has 2 N–H and O–H groups in total. The van der Waals surface area contributed by atoms with Crippen LogP contribution in [0.2, 0.25) is 4.34 Å². The maximum Gasteiger partial charge on any atom is 0.270 e. The van der Waals surface area contributed by atoms with E-state index in [-0.39, 0.29) is 11.8 Å². The van der Waals surface area contributed by atoms with Gasteiger partial charge in [-0.15, -0.1) is 11.3 Å². The number of pyridine rings is 1. The molecule has 7 heteroatoms. The van der Waals surface area contributed by atoms with Crippen LogP contribution >= 0.6 is 22.9 Å². The third-order valence-corrected chi connectivity index (χ3v) is 4.86. The minimum absolute atomic E-state index is 0.224. The number of hydrogen-bond donors (Lipinski definition) is 2. The monoisotopic (exact) mass is 373 g/mol. The van der Waals surface area contributed by atoms with Gasteiger partial charge >= 0.3 is 0 Å². The molecule has 0 radical (unpaired) electrons. The number of halogens is 1. The van der Waals surface area contributed by atoms with Gasteiger partial charge in [0.05, 0.1) is 26.0 Å². The molecule has 2 amide bonds. The van der Waals surface area contributed by atoms with Crippen LogP contribution in [0, 0.1) is 5.92 Å². The van der Waals surface area contributed by atoms with Crippen LogP contribution < -0.4 is 10.9 Å². The largest absolute Gasteiger partial charge is 0.273 e. The van der Waals surface area contributed by atoms with E-state index >= 15 is 0 Å².